The second-order valence-electron chi connectivity index (χ2n) is 8.60. The Labute approximate surface area is 204 Å². The molecule has 0 aliphatic carbocycles. The third-order valence-corrected chi connectivity index (χ3v) is 7.42. The van der Waals surface area contributed by atoms with Crippen molar-refractivity contribution in [3.63, 3.8) is 0 Å². The first-order chi connectivity index (χ1) is 16.0. The molecule has 8 heteroatoms. The molecule has 2 heterocycles. The Hall–Kier alpha value is -1.99. The lowest BCUT2D eigenvalue weighted by atomic mass is 10.1. The van der Waals surface area contributed by atoms with E-state index in [-0.39, 0.29) is 5.56 Å². The molecule has 0 amide bonds. The SMILES string of the molecule is CCCCCCCCCCCCn1c(SCc2ccccc2Cl)nc2c1c(=O)[nH]c(=O)n2C. The van der Waals surface area contributed by atoms with Crippen LogP contribution in [0.4, 0.5) is 0 Å². The van der Waals surface area contributed by atoms with Gasteiger partial charge in [0.25, 0.3) is 5.56 Å². The number of H-pyrrole nitrogens is 1. The van der Waals surface area contributed by atoms with Gasteiger partial charge in [-0.25, -0.2) is 9.78 Å². The Bertz CT molecular complexity index is 1150. The van der Waals surface area contributed by atoms with Gasteiger partial charge in [-0.2, -0.15) is 0 Å². The summed E-state index contributed by atoms with van der Waals surface area (Å²) in [7, 11) is 1.64. The molecule has 0 atom stereocenters. The van der Waals surface area contributed by atoms with E-state index >= 15 is 0 Å². The number of hydrogen-bond acceptors (Lipinski definition) is 4. The lowest BCUT2D eigenvalue weighted by Gasteiger charge is -2.09. The number of halogens is 1. The number of imidazole rings is 1. The molecule has 0 bridgehead atoms. The van der Waals surface area contributed by atoms with Gasteiger partial charge in [0.05, 0.1) is 0 Å². The number of nitrogens with zero attached hydrogens (tertiary/aromatic N) is 3. The van der Waals surface area contributed by atoms with Crippen LogP contribution in [0.5, 0.6) is 0 Å². The largest absolute Gasteiger partial charge is 0.329 e. The molecule has 0 spiro atoms. The summed E-state index contributed by atoms with van der Waals surface area (Å²) in [6.07, 6.45) is 12.5. The average molecular weight is 491 g/mol. The van der Waals surface area contributed by atoms with Crippen LogP contribution in [-0.4, -0.2) is 19.1 Å². The van der Waals surface area contributed by atoms with Crippen molar-refractivity contribution >= 4 is 34.5 Å². The summed E-state index contributed by atoms with van der Waals surface area (Å²) >= 11 is 7.86. The molecule has 0 aliphatic heterocycles. The van der Waals surface area contributed by atoms with Crippen molar-refractivity contribution in [3.05, 3.63) is 55.7 Å². The molecule has 0 unspecified atom stereocenters. The fourth-order valence-corrected chi connectivity index (χ4v) is 5.35. The summed E-state index contributed by atoms with van der Waals surface area (Å²) in [4.78, 5) is 31.8. The van der Waals surface area contributed by atoms with Gasteiger partial charge in [0.1, 0.15) is 0 Å². The van der Waals surface area contributed by atoms with Gasteiger partial charge in [-0.15, -0.1) is 0 Å². The molecule has 33 heavy (non-hydrogen) atoms. The van der Waals surface area contributed by atoms with Gasteiger partial charge in [0.2, 0.25) is 0 Å². The first kappa shape index (κ1) is 25.6. The molecule has 6 nitrogen and oxygen atoms in total. The number of aromatic nitrogens is 4. The molecule has 2 aromatic heterocycles. The number of fused-ring (bicyclic) bond motifs is 1. The zero-order valence-electron chi connectivity index (χ0n) is 19.7. The highest BCUT2D eigenvalue weighted by Crippen LogP contribution is 2.28. The van der Waals surface area contributed by atoms with E-state index in [0.717, 1.165) is 23.6 Å². The Morgan fingerprint density at radius 3 is 2.27 bits per heavy atom. The molecule has 1 N–H and O–H groups in total. The fraction of sp³-hybridized carbons (Fsp3) is 0.560. The number of aryl methyl sites for hydroxylation is 2. The van der Waals surface area contributed by atoms with E-state index in [0.29, 0.717) is 28.5 Å². The van der Waals surface area contributed by atoms with Crippen LogP contribution in [0.1, 0.15) is 76.7 Å². The van der Waals surface area contributed by atoms with Crippen LogP contribution in [0, 0.1) is 0 Å². The second kappa shape index (κ2) is 13.0. The molecular formula is C25H35ClN4O2S. The van der Waals surface area contributed by atoms with Crippen LogP contribution in [0.25, 0.3) is 11.2 Å². The number of aromatic amines is 1. The molecule has 3 rings (SSSR count). The highest BCUT2D eigenvalue weighted by Gasteiger charge is 2.18. The molecule has 180 valence electrons. The quantitative estimate of drug-likeness (QED) is 0.213. The van der Waals surface area contributed by atoms with Crippen molar-refractivity contribution in [2.24, 2.45) is 7.05 Å². The van der Waals surface area contributed by atoms with Crippen molar-refractivity contribution < 1.29 is 0 Å². The summed E-state index contributed by atoms with van der Waals surface area (Å²) in [5, 5.41) is 1.46. The number of hydrogen-bond donors (Lipinski definition) is 1. The van der Waals surface area contributed by atoms with E-state index in [2.05, 4.69) is 16.9 Å². The number of thioether (sulfide) groups is 1. The van der Waals surface area contributed by atoms with Crippen LogP contribution in [-0.2, 0) is 19.3 Å². The summed E-state index contributed by atoms with van der Waals surface area (Å²) in [6.45, 7) is 2.96. The van der Waals surface area contributed by atoms with Crippen molar-refractivity contribution in [1.82, 2.24) is 19.1 Å². The lowest BCUT2D eigenvalue weighted by molar-refractivity contribution is 0.527. The van der Waals surface area contributed by atoms with Crippen LogP contribution in [0.15, 0.2) is 39.0 Å². The predicted molar refractivity (Wildman–Crippen MR) is 138 cm³/mol. The summed E-state index contributed by atoms with van der Waals surface area (Å²) in [5.41, 5.74) is 1.09. The lowest BCUT2D eigenvalue weighted by Crippen LogP contribution is -2.29. The normalized spacial score (nSPS) is 11.5. The third-order valence-electron chi connectivity index (χ3n) is 6.02. The van der Waals surface area contributed by atoms with Crippen molar-refractivity contribution in [1.29, 1.82) is 0 Å². The highest BCUT2D eigenvalue weighted by molar-refractivity contribution is 7.98. The second-order valence-corrected chi connectivity index (χ2v) is 9.95. The zero-order valence-corrected chi connectivity index (χ0v) is 21.3. The smallest absolute Gasteiger partial charge is 0.313 e. The first-order valence-corrected chi connectivity index (χ1v) is 13.4. The number of unbranched alkanes of at least 4 members (excludes halogenated alkanes) is 9. The maximum absolute atomic E-state index is 12.6. The van der Waals surface area contributed by atoms with Gasteiger partial charge in [-0.05, 0) is 18.1 Å². The highest BCUT2D eigenvalue weighted by atomic mass is 35.5. The van der Waals surface area contributed by atoms with Crippen LogP contribution < -0.4 is 11.2 Å². The van der Waals surface area contributed by atoms with Gasteiger partial charge in [-0.1, -0.05) is 106 Å². The van der Waals surface area contributed by atoms with Crippen molar-refractivity contribution in [2.75, 3.05) is 0 Å². The van der Waals surface area contributed by atoms with Gasteiger partial charge in [0.15, 0.2) is 16.3 Å². The summed E-state index contributed by atoms with van der Waals surface area (Å²) in [6, 6.07) is 7.74. The van der Waals surface area contributed by atoms with Crippen LogP contribution >= 0.6 is 23.4 Å². The van der Waals surface area contributed by atoms with Crippen LogP contribution in [0.3, 0.4) is 0 Å². The minimum Gasteiger partial charge on any atom is -0.313 e. The Morgan fingerprint density at radius 1 is 0.970 bits per heavy atom. The standard InChI is InChI=1S/C25H35ClN4O2S/c1-3-4-5-6-7-8-9-10-11-14-17-30-21-22(29(2)24(32)28-23(21)31)27-25(30)33-18-19-15-12-13-16-20(19)26/h12-13,15-16H,3-11,14,17-18H2,1-2H3,(H,28,31,32). The van der Waals surface area contributed by atoms with Crippen molar-refractivity contribution in [3.8, 4) is 0 Å². The predicted octanol–water partition coefficient (Wildman–Crippen LogP) is 6.29. The van der Waals surface area contributed by atoms with Gasteiger partial charge >= 0.3 is 5.69 Å². The molecule has 1 aromatic carbocycles. The van der Waals surface area contributed by atoms with E-state index in [1.807, 2.05) is 28.8 Å². The average Bonchev–Trinajstić information content (AvgIpc) is 3.17. The minimum absolute atomic E-state index is 0.378. The maximum Gasteiger partial charge on any atom is 0.329 e. The van der Waals surface area contributed by atoms with E-state index in [1.165, 1.54) is 55.9 Å². The minimum atomic E-state index is -0.446. The molecule has 0 saturated carbocycles. The summed E-state index contributed by atoms with van der Waals surface area (Å²) in [5.74, 6) is 0.646. The van der Waals surface area contributed by atoms with E-state index in [9.17, 15) is 9.59 Å². The summed E-state index contributed by atoms with van der Waals surface area (Å²) < 4.78 is 3.38. The molecule has 0 saturated heterocycles. The molecular weight excluding hydrogens is 456 g/mol. The number of rotatable bonds is 14. The van der Waals surface area contributed by atoms with Gasteiger partial charge < -0.3 is 4.57 Å². The molecule has 0 radical (unpaired) electrons. The van der Waals surface area contributed by atoms with Gasteiger partial charge in [-0.3, -0.25) is 14.3 Å². The number of nitrogens with one attached hydrogen (secondary N) is 1. The molecule has 3 aromatic rings. The Kier molecular flexibility index (Phi) is 10.1. The monoisotopic (exact) mass is 490 g/mol. The fourth-order valence-electron chi connectivity index (χ4n) is 4.05. The van der Waals surface area contributed by atoms with E-state index in [1.54, 1.807) is 18.8 Å². The Morgan fingerprint density at radius 2 is 1.61 bits per heavy atom. The first-order valence-electron chi connectivity index (χ1n) is 12.1. The molecule has 0 aliphatic rings. The topological polar surface area (TPSA) is 72.7 Å². The van der Waals surface area contributed by atoms with E-state index in [4.69, 9.17) is 11.6 Å². The number of benzene rings is 1. The van der Waals surface area contributed by atoms with Crippen molar-refractivity contribution in [2.45, 2.75) is 88.6 Å². The van der Waals surface area contributed by atoms with Gasteiger partial charge in [0, 0.05) is 24.4 Å². The molecule has 0 fully saturated rings. The third kappa shape index (κ3) is 7.00. The van der Waals surface area contributed by atoms with E-state index < -0.39 is 5.69 Å². The maximum atomic E-state index is 12.6. The Balaban J connectivity index is 1.65. The zero-order chi connectivity index (χ0) is 23.6. The van der Waals surface area contributed by atoms with Crippen LogP contribution in [0.2, 0.25) is 5.02 Å².